The third kappa shape index (κ3) is 4.68. The molecule has 2 rings (SSSR count). The standard InChI is InChI=1S/C15H22ClNO3S/c16-13-6-8-14(9-7-13)21(19,20)17-15-5-3-1-2-4-12(15)10-11-18/h6-9,12,15,17-18H,1-5,10-11H2/t12-,15-/m1/s1. The van der Waals surface area contributed by atoms with Gasteiger partial charge in [0.2, 0.25) is 10.0 Å². The number of nitrogens with one attached hydrogen (secondary N) is 1. The molecule has 0 bridgehead atoms. The molecule has 2 atom stereocenters. The Morgan fingerprint density at radius 3 is 2.48 bits per heavy atom. The molecule has 0 heterocycles. The van der Waals surface area contributed by atoms with Crippen LogP contribution < -0.4 is 4.72 Å². The van der Waals surface area contributed by atoms with Gasteiger partial charge in [-0.1, -0.05) is 30.9 Å². The number of aliphatic hydroxyl groups excluding tert-OH is 1. The molecule has 4 nitrogen and oxygen atoms in total. The SMILES string of the molecule is O=S(=O)(N[C@@H]1CCCCC[C@@H]1CCO)c1ccc(Cl)cc1. The van der Waals surface area contributed by atoms with Gasteiger partial charge < -0.3 is 5.11 Å². The molecule has 21 heavy (non-hydrogen) atoms. The predicted octanol–water partition coefficient (Wildman–Crippen LogP) is 2.95. The highest BCUT2D eigenvalue weighted by molar-refractivity contribution is 7.89. The van der Waals surface area contributed by atoms with Gasteiger partial charge in [0, 0.05) is 17.7 Å². The van der Waals surface area contributed by atoms with E-state index in [9.17, 15) is 13.5 Å². The van der Waals surface area contributed by atoms with Crippen molar-refractivity contribution in [2.45, 2.75) is 49.5 Å². The summed E-state index contributed by atoms with van der Waals surface area (Å²) in [5, 5.41) is 9.70. The van der Waals surface area contributed by atoms with Crippen LogP contribution >= 0.6 is 11.6 Å². The van der Waals surface area contributed by atoms with E-state index in [1.54, 1.807) is 12.1 Å². The van der Waals surface area contributed by atoms with Gasteiger partial charge in [-0.05, 0) is 49.4 Å². The molecule has 0 aromatic heterocycles. The molecule has 2 N–H and O–H groups in total. The average molecular weight is 332 g/mol. The summed E-state index contributed by atoms with van der Waals surface area (Å²) in [6.45, 7) is 0.101. The maximum absolute atomic E-state index is 12.5. The summed E-state index contributed by atoms with van der Waals surface area (Å²) in [5.41, 5.74) is 0. The lowest BCUT2D eigenvalue weighted by atomic mass is 9.93. The minimum atomic E-state index is -3.53. The van der Waals surface area contributed by atoms with E-state index in [-0.39, 0.29) is 23.5 Å². The van der Waals surface area contributed by atoms with Crippen molar-refractivity contribution in [2.24, 2.45) is 5.92 Å². The van der Waals surface area contributed by atoms with Crippen molar-refractivity contribution in [3.05, 3.63) is 29.3 Å². The summed E-state index contributed by atoms with van der Waals surface area (Å²) in [5.74, 6) is 0.208. The summed E-state index contributed by atoms with van der Waals surface area (Å²) in [6.07, 6.45) is 5.69. The zero-order valence-electron chi connectivity index (χ0n) is 12.0. The van der Waals surface area contributed by atoms with Crippen molar-refractivity contribution in [1.29, 1.82) is 0 Å². The Balaban J connectivity index is 2.14. The maximum Gasteiger partial charge on any atom is 0.240 e. The van der Waals surface area contributed by atoms with Crippen LogP contribution in [-0.2, 0) is 10.0 Å². The van der Waals surface area contributed by atoms with Crippen molar-refractivity contribution < 1.29 is 13.5 Å². The number of hydrogen-bond acceptors (Lipinski definition) is 3. The van der Waals surface area contributed by atoms with E-state index < -0.39 is 10.0 Å². The third-order valence-electron chi connectivity index (χ3n) is 4.09. The van der Waals surface area contributed by atoms with Crippen LogP contribution in [0, 0.1) is 5.92 Å². The fourth-order valence-corrected chi connectivity index (χ4v) is 4.40. The van der Waals surface area contributed by atoms with E-state index in [1.165, 1.54) is 12.1 Å². The molecule has 1 fully saturated rings. The molecule has 1 aromatic carbocycles. The van der Waals surface area contributed by atoms with Gasteiger partial charge in [-0.3, -0.25) is 0 Å². The zero-order valence-corrected chi connectivity index (χ0v) is 13.5. The first-order valence-corrected chi connectivity index (χ1v) is 9.28. The molecule has 1 aromatic rings. The van der Waals surface area contributed by atoms with E-state index in [4.69, 9.17) is 11.6 Å². The summed E-state index contributed by atoms with van der Waals surface area (Å²) in [6, 6.07) is 6.09. The molecule has 0 radical (unpaired) electrons. The van der Waals surface area contributed by atoms with Gasteiger partial charge >= 0.3 is 0 Å². The molecule has 1 aliphatic rings. The molecule has 118 valence electrons. The van der Waals surface area contributed by atoms with E-state index >= 15 is 0 Å². The molecular formula is C15H22ClNO3S. The number of benzene rings is 1. The Kier molecular flexibility index (Phi) is 6.05. The smallest absolute Gasteiger partial charge is 0.240 e. The van der Waals surface area contributed by atoms with Crippen molar-refractivity contribution in [2.75, 3.05) is 6.61 Å². The summed E-state index contributed by atoms with van der Waals surface area (Å²) >= 11 is 5.80. The monoisotopic (exact) mass is 331 g/mol. The van der Waals surface area contributed by atoms with Gasteiger partial charge in [0.1, 0.15) is 0 Å². The van der Waals surface area contributed by atoms with Gasteiger partial charge in [-0.25, -0.2) is 13.1 Å². The van der Waals surface area contributed by atoms with Gasteiger partial charge in [0.25, 0.3) is 0 Å². The van der Waals surface area contributed by atoms with Crippen molar-refractivity contribution >= 4 is 21.6 Å². The van der Waals surface area contributed by atoms with E-state index in [2.05, 4.69) is 4.72 Å². The highest BCUT2D eigenvalue weighted by atomic mass is 35.5. The number of aliphatic hydroxyl groups is 1. The van der Waals surface area contributed by atoms with Crippen molar-refractivity contribution in [3.63, 3.8) is 0 Å². The Hall–Kier alpha value is -0.620. The molecular weight excluding hydrogens is 310 g/mol. The van der Waals surface area contributed by atoms with Crippen LogP contribution in [0.3, 0.4) is 0 Å². The van der Waals surface area contributed by atoms with Crippen LogP contribution in [0.25, 0.3) is 0 Å². The molecule has 0 unspecified atom stereocenters. The van der Waals surface area contributed by atoms with E-state index in [0.717, 1.165) is 32.1 Å². The first-order chi connectivity index (χ1) is 10.0. The zero-order chi connectivity index (χ0) is 15.3. The lowest BCUT2D eigenvalue weighted by molar-refractivity contribution is 0.231. The fraction of sp³-hybridized carbons (Fsp3) is 0.600. The van der Waals surface area contributed by atoms with E-state index in [0.29, 0.717) is 11.4 Å². The second-order valence-electron chi connectivity index (χ2n) is 5.59. The van der Waals surface area contributed by atoms with Gasteiger partial charge in [0.15, 0.2) is 0 Å². The third-order valence-corrected chi connectivity index (χ3v) is 5.85. The largest absolute Gasteiger partial charge is 0.396 e. The number of hydrogen-bond donors (Lipinski definition) is 2. The first-order valence-electron chi connectivity index (χ1n) is 7.41. The van der Waals surface area contributed by atoms with Crippen LogP contribution in [0.4, 0.5) is 0 Å². The van der Waals surface area contributed by atoms with Gasteiger partial charge in [-0.15, -0.1) is 0 Å². The second kappa shape index (κ2) is 7.58. The van der Waals surface area contributed by atoms with Crippen LogP contribution in [0.1, 0.15) is 38.5 Å². The lowest BCUT2D eigenvalue weighted by Crippen LogP contribution is -2.40. The maximum atomic E-state index is 12.5. The molecule has 0 aliphatic heterocycles. The van der Waals surface area contributed by atoms with Crippen molar-refractivity contribution in [1.82, 2.24) is 4.72 Å². The fourth-order valence-electron chi connectivity index (χ4n) is 2.93. The highest BCUT2D eigenvalue weighted by Crippen LogP contribution is 2.27. The molecule has 0 saturated heterocycles. The van der Waals surface area contributed by atoms with Gasteiger partial charge in [0.05, 0.1) is 4.90 Å². The van der Waals surface area contributed by atoms with Crippen LogP contribution in [0.2, 0.25) is 5.02 Å². The highest BCUT2D eigenvalue weighted by Gasteiger charge is 2.28. The Labute approximate surface area is 131 Å². The molecule has 0 amide bonds. The quantitative estimate of drug-likeness (QED) is 0.815. The molecule has 1 saturated carbocycles. The average Bonchev–Trinajstić information content (AvgIpc) is 2.65. The Morgan fingerprint density at radius 1 is 1.14 bits per heavy atom. The van der Waals surface area contributed by atoms with E-state index in [1.807, 2.05) is 0 Å². The van der Waals surface area contributed by atoms with Crippen molar-refractivity contribution in [3.8, 4) is 0 Å². The lowest BCUT2D eigenvalue weighted by Gasteiger charge is -2.25. The van der Waals surface area contributed by atoms with Crippen LogP contribution in [-0.4, -0.2) is 26.2 Å². The van der Waals surface area contributed by atoms with Crippen LogP contribution in [0.5, 0.6) is 0 Å². The minimum Gasteiger partial charge on any atom is -0.396 e. The summed E-state index contributed by atoms with van der Waals surface area (Å²) in [4.78, 5) is 0.235. The Morgan fingerprint density at radius 2 is 1.81 bits per heavy atom. The van der Waals surface area contributed by atoms with Gasteiger partial charge in [-0.2, -0.15) is 0 Å². The number of sulfonamides is 1. The number of halogens is 1. The first kappa shape index (κ1) is 16.7. The normalized spacial score (nSPS) is 23.7. The molecule has 1 aliphatic carbocycles. The minimum absolute atomic E-state index is 0.0969. The summed E-state index contributed by atoms with van der Waals surface area (Å²) in [7, 11) is -3.53. The topological polar surface area (TPSA) is 66.4 Å². The number of rotatable bonds is 5. The second-order valence-corrected chi connectivity index (χ2v) is 7.74. The molecule has 0 spiro atoms. The summed E-state index contributed by atoms with van der Waals surface area (Å²) < 4.78 is 27.7. The van der Waals surface area contributed by atoms with Crippen LogP contribution in [0.15, 0.2) is 29.2 Å². The Bertz CT molecular complexity index is 545. The molecule has 6 heteroatoms. The predicted molar refractivity (Wildman–Crippen MR) is 83.8 cm³/mol.